The normalized spacial score (nSPS) is 19.6. The average Bonchev–Trinajstić information content (AvgIpc) is 2.64. The second-order valence-corrected chi connectivity index (χ2v) is 6.00. The molecular formula is C18H16N6O. The fourth-order valence-electron chi connectivity index (χ4n) is 3.37. The molecule has 0 radical (unpaired) electrons. The number of nitrogens with zero attached hydrogens (tertiary/aromatic N) is 6. The van der Waals surface area contributed by atoms with E-state index in [0.717, 1.165) is 30.4 Å². The summed E-state index contributed by atoms with van der Waals surface area (Å²) in [6, 6.07) is 14.4. The molecule has 0 aliphatic heterocycles. The van der Waals surface area contributed by atoms with Crippen molar-refractivity contribution in [1.82, 2.24) is 0 Å². The summed E-state index contributed by atoms with van der Waals surface area (Å²) in [5, 5.41) is 7.12. The van der Waals surface area contributed by atoms with Crippen LogP contribution in [0.15, 0.2) is 58.8 Å². The number of ketones is 1. The standard InChI is InChI=1S/C18H16N6O/c19-23-21-14-8-4-12(5-9-14)16-2-1-3-17(18(16)25)13-6-10-15(11-7-13)22-24-20/h4-11,16-17H,1-3H2. The van der Waals surface area contributed by atoms with Gasteiger partial charge in [-0.05, 0) is 35.0 Å². The predicted octanol–water partition coefficient (Wildman–Crippen LogP) is 6.19. The fourth-order valence-corrected chi connectivity index (χ4v) is 3.37. The minimum atomic E-state index is -0.143. The van der Waals surface area contributed by atoms with Crippen LogP contribution in [-0.2, 0) is 4.79 Å². The highest BCUT2D eigenvalue weighted by Gasteiger charge is 2.32. The zero-order valence-electron chi connectivity index (χ0n) is 13.5. The molecule has 0 N–H and O–H groups in total. The first-order valence-electron chi connectivity index (χ1n) is 8.07. The molecule has 7 heteroatoms. The second-order valence-electron chi connectivity index (χ2n) is 6.00. The van der Waals surface area contributed by atoms with Gasteiger partial charge in [0.05, 0.1) is 0 Å². The highest BCUT2D eigenvalue weighted by Crippen LogP contribution is 2.39. The fraction of sp³-hybridized carbons (Fsp3) is 0.278. The van der Waals surface area contributed by atoms with Gasteiger partial charge in [-0.2, -0.15) is 0 Å². The van der Waals surface area contributed by atoms with Crippen LogP contribution in [0.4, 0.5) is 11.4 Å². The van der Waals surface area contributed by atoms with Crippen molar-refractivity contribution >= 4 is 17.2 Å². The Balaban J connectivity index is 1.82. The van der Waals surface area contributed by atoms with Crippen LogP contribution in [0, 0.1) is 0 Å². The van der Waals surface area contributed by atoms with Gasteiger partial charge in [-0.1, -0.05) is 65.2 Å². The Hall–Kier alpha value is -3.27. The third-order valence-electron chi connectivity index (χ3n) is 4.58. The van der Waals surface area contributed by atoms with Gasteiger partial charge in [0.1, 0.15) is 5.78 Å². The molecule has 7 nitrogen and oxygen atoms in total. The molecule has 2 aromatic rings. The maximum absolute atomic E-state index is 13.0. The molecule has 3 rings (SSSR count). The van der Waals surface area contributed by atoms with Gasteiger partial charge in [0.2, 0.25) is 0 Å². The Bertz CT molecular complexity index is 790. The lowest BCUT2D eigenvalue weighted by atomic mass is 9.74. The van der Waals surface area contributed by atoms with E-state index in [4.69, 9.17) is 11.1 Å². The van der Waals surface area contributed by atoms with Crippen LogP contribution >= 0.6 is 0 Å². The molecule has 0 saturated heterocycles. The lowest BCUT2D eigenvalue weighted by molar-refractivity contribution is -0.123. The predicted molar refractivity (Wildman–Crippen MR) is 94.8 cm³/mol. The van der Waals surface area contributed by atoms with Crippen molar-refractivity contribution < 1.29 is 4.79 Å². The van der Waals surface area contributed by atoms with Gasteiger partial charge >= 0.3 is 0 Å². The zero-order chi connectivity index (χ0) is 17.6. The van der Waals surface area contributed by atoms with Crippen LogP contribution in [0.5, 0.6) is 0 Å². The van der Waals surface area contributed by atoms with Crippen molar-refractivity contribution in [3.8, 4) is 0 Å². The summed E-state index contributed by atoms with van der Waals surface area (Å²) in [5.74, 6) is -0.0781. The SMILES string of the molecule is [N-]=[N+]=Nc1ccc(C2CCCC(c3ccc(N=[N+]=[N-])cc3)C2=O)cc1. The lowest BCUT2D eigenvalue weighted by Crippen LogP contribution is -2.25. The smallest absolute Gasteiger partial charge is 0.147 e. The quantitative estimate of drug-likeness (QED) is 0.370. The largest absolute Gasteiger partial charge is 0.298 e. The highest BCUT2D eigenvalue weighted by atomic mass is 16.1. The van der Waals surface area contributed by atoms with Gasteiger partial charge in [0.25, 0.3) is 0 Å². The third kappa shape index (κ3) is 3.63. The average molecular weight is 332 g/mol. The molecule has 1 fully saturated rings. The number of carbonyl (C=O) groups is 1. The molecule has 1 aliphatic carbocycles. The number of carbonyl (C=O) groups excluding carboxylic acids is 1. The van der Waals surface area contributed by atoms with Gasteiger partial charge in [-0.3, -0.25) is 4.79 Å². The summed E-state index contributed by atoms with van der Waals surface area (Å²) in [6.07, 6.45) is 2.62. The van der Waals surface area contributed by atoms with Crippen molar-refractivity contribution in [3.05, 3.63) is 80.5 Å². The van der Waals surface area contributed by atoms with Gasteiger partial charge < -0.3 is 0 Å². The van der Waals surface area contributed by atoms with Crippen molar-refractivity contribution in [2.45, 2.75) is 31.1 Å². The number of azide groups is 2. The van der Waals surface area contributed by atoms with E-state index in [1.54, 1.807) is 24.3 Å². The van der Waals surface area contributed by atoms with Crippen molar-refractivity contribution in [2.24, 2.45) is 10.2 Å². The van der Waals surface area contributed by atoms with Crippen LogP contribution in [0.3, 0.4) is 0 Å². The Labute approximate surface area is 144 Å². The summed E-state index contributed by atoms with van der Waals surface area (Å²) in [4.78, 5) is 18.5. The van der Waals surface area contributed by atoms with E-state index in [9.17, 15) is 4.79 Å². The van der Waals surface area contributed by atoms with Crippen molar-refractivity contribution in [1.29, 1.82) is 0 Å². The molecule has 0 amide bonds. The van der Waals surface area contributed by atoms with E-state index in [2.05, 4.69) is 20.1 Å². The molecule has 2 unspecified atom stereocenters. The maximum atomic E-state index is 13.0. The van der Waals surface area contributed by atoms with E-state index >= 15 is 0 Å². The topological polar surface area (TPSA) is 115 Å². The minimum Gasteiger partial charge on any atom is -0.298 e. The summed E-state index contributed by atoms with van der Waals surface area (Å²) in [5.41, 5.74) is 19.9. The number of rotatable bonds is 4. The molecule has 0 aromatic heterocycles. The Kier molecular flexibility index (Phi) is 5.00. The Morgan fingerprint density at radius 3 is 1.52 bits per heavy atom. The molecule has 2 aromatic carbocycles. The van der Waals surface area contributed by atoms with E-state index in [1.165, 1.54) is 0 Å². The van der Waals surface area contributed by atoms with Crippen LogP contribution in [0.25, 0.3) is 20.9 Å². The van der Waals surface area contributed by atoms with Gasteiger partial charge in [0, 0.05) is 33.0 Å². The van der Waals surface area contributed by atoms with E-state index in [1.807, 2.05) is 24.3 Å². The van der Waals surface area contributed by atoms with Gasteiger partial charge in [0.15, 0.2) is 0 Å². The summed E-state index contributed by atoms with van der Waals surface area (Å²) >= 11 is 0. The molecule has 0 spiro atoms. The maximum Gasteiger partial charge on any atom is 0.147 e. The second kappa shape index (κ2) is 7.53. The highest BCUT2D eigenvalue weighted by molar-refractivity contribution is 5.92. The zero-order valence-corrected chi connectivity index (χ0v) is 13.5. The molecule has 25 heavy (non-hydrogen) atoms. The monoisotopic (exact) mass is 332 g/mol. The minimum absolute atomic E-state index is 0.143. The summed E-state index contributed by atoms with van der Waals surface area (Å²) < 4.78 is 0. The number of hydrogen-bond acceptors (Lipinski definition) is 3. The molecule has 0 bridgehead atoms. The molecular weight excluding hydrogens is 316 g/mol. The van der Waals surface area contributed by atoms with Crippen LogP contribution in [0.2, 0.25) is 0 Å². The summed E-state index contributed by atoms with van der Waals surface area (Å²) in [7, 11) is 0. The van der Waals surface area contributed by atoms with Crippen molar-refractivity contribution in [2.75, 3.05) is 0 Å². The lowest BCUT2D eigenvalue weighted by Gasteiger charge is -2.28. The first-order valence-corrected chi connectivity index (χ1v) is 8.07. The van der Waals surface area contributed by atoms with Gasteiger partial charge in [-0.25, -0.2) is 0 Å². The Morgan fingerprint density at radius 1 is 0.760 bits per heavy atom. The molecule has 1 saturated carbocycles. The van der Waals surface area contributed by atoms with Crippen LogP contribution in [-0.4, -0.2) is 5.78 Å². The van der Waals surface area contributed by atoms with Gasteiger partial charge in [-0.15, -0.1) is 0 Å². The van der Waals surface area contributed by atoms with Crippen LogP contribution in [0.1, 0.15) is 42.2 Å². The molecule has 1 aliphatic rings. The number of hydrogen-bond donors (Lipinski definition) is 0. The number of benzene rings is 2. The first-order chi connectivity index (χ1) is 12.2. The van der Waals surface area contributed by atoms with Crippen LogP contribution < -0.4 is 0 Å². The molecule has 0 heterocycles. The summed E-state index contributed by atoms with van der Waals surface area (Å²) in [6.45, 7) is 0. The Morgan fingerprint density at radius 2 is 1.16 bits per heavy atom. The van der Waals surface area contributed by atoms with E-state index < -0.39 is 0 Å². The molecule has 2 atom stereocenters. The third-order valence-corrected chi connectivity index (χ3v) is 4.58. The first kappa shape index (κ1) is 16.6. The molecule has 124 valence electrons. The number of Topliss-reactive ketones (excluding diaryl/α,β-unsaturated/α-hetero) is 1. The van der Waals surface area contributed by atoms with E-state index in [0.29, 0.717) is 11.4 Å². The van der Waals surface area contributed by atoms with E-state index in [-0.39, 0.29) is 17.6 Å². The van der Waals surface area contributed by atoms with Crippen molar-refractivity contribution in [3.63, 3.8) is 0 Å².